The van der Waals surface area contributed by atoms with E-state index in [0.29, 0.717) is 23.2 Å². The average Bonchev–Trinajstić information content (AvgIpc) is 3.11. The van der Waals surface area contributed by atoms with Crippen molar-refractivity contribution in [2.24, 2.45) is 0 Å². The fourth-order valence-corrected chi connectivity index (χ4v) is 3.13. The van der Waals surface area contributed by atoms with E-state index in [1.807, 2.05) is 31.2 Å². The van der Waals surface area contributed by atoms with Gasteiger partial charge in [-0.3, -0.25) is 4.79 Å². The third-order valence-electron chi connectivity index (χ3n) is 3.76. The molecule has 0 bridgehead atoms. The van der Waals surface area contributed by atoms with Gasteiger partial charge in [-0.05, 0) is 24.6 Å². The first-order chi connectivity index (χ1) is 13.0. The number of hydrogen-bond acceptors (Lipinski definition) is 5. The maximum atomic E-state index is 13.1. The number of halogens is 2. The van der Waals surface area contributed by atoms with Crippen LogP contribution in [0.5, 0.6) is 0 Å². The van der Waals surface area contributed by atoms with Gasteiger partial charge in [-0.1, -0.05) is 29.4 Å². The van der Waals surface area contributed by atoms with E-state index < -0.39 is 11.6 Å². The molecule has 3 rings (SSSR count). The third-order valence-corrected chi connectivity index (χ3v) is 4.70. The molecule has 0 fully saturated rings. The minimum Gasteiger partial charge on any atom is -0.338 e. The molecular formula is C19H17F2N3O2S. The summed E-state index contributed by atoms with van der Waals surface area (Å²) in [7, 11) is 0. The van der Waals surface area contributed by atoms with Crippen LogP contribution in [0.15, 0.2) is 47.0 Å². The molecule has 0 radical (unpaired) electrons. The molecule has 8 heteroatoms. The van der Waals surface area contributed by atoms with Crippen LogP contribution in [0.3, 0.4) is 0 Å². The second kappa shape index (κ2) is 8.77. The number of thioether (sulfide) groups is 1. The Labute approximate surface area is 159 Å². The van der Waals surface area contributed by atoms with Crippen LogP contribution in [0.1, 0.15) is 17.9 Å². The molecule has 5 nitrogen and oxygen atoms in total. The highest BCUT2D eigenvalue weighted by Crippen LogP contribution is 2.21. The van der Waals surface area contributed by atoms with Gasteiger partial charge in [0.2, 0.25) is 17.6 Å². The second-order valence-corrected chi connectivity index (χ2v) is 6.91. The zero-order chi connectivity index (χ0) is 19.2. The van der Waals surface area contributed by atoms with Gasteiger partial charge in [0.25, 0.3) is 0 Å². The monoisotopic (exact) mass is 389 g/mol. The van der Waals surface area contributed by atoms with Crippen LogP contribution >= 0.6 is 11.8 Å². The third kappa shape index (κ3) is 5.13. The maximum absolute atomic E-state index is 13.1. The van der Waals surface area contributed by atoms with E-state index in [1.54, 1.807) is 0 Å². The van der Waals surface area contributed by atoms with Gasteiger partial charge in [0, 0.05) is 29.5 Å². The summed E-state index contributed by atoms with van der Waals surface area (Å²) >= 11 is 1.47. The Balaban J connectivity index is 1.44. The zero-order valence-electron chi connectivity index (χ0n) is 14.5. The molecule has 2 aromatic carbocycles. The summed E-state index contributed by atoms with van der Waals surface area (Å²) in [5.74, 6) is -0.190. The van der Waals surface area contributed by atoms with Crippen molar-refractivity contribution in [2.45, 2.75) is 19.1 Å². The van der Waals surface area contributed by atoms with Crippen molar-refractivity contribution in [3.8, 4) is 11.4 Å². The van der Waals surface area contributed by atoms with E-state index in [0.717, 1.165) is 23.3 Å². The Hall–Kier alpha value is -2.74. The lowest BCUT2D eigenvalue weighted by atomic mass is 10.1. The van der Waals surface area contributed by atoms with Crippen molar-refractivity contribution in [1.82, 2.24) is 10.1 Å². The van der Waals surface area contributed by atoms with Gasteiger partial charge in [-0.2, -0.15) is 16.7 Å². The van der Waals surface area contributed by atoms with Crippen LogP contribution in [-0.4, -0.2) is 21.8 Å². The number of rotatable bonds is 7. The maximum Gasteiger partial charge on any atom is 0.236 e. The number of aromatic nitrogens is 2. The van der Waals surface area contributed by atoms with E-state index in [4.69, 9.17) is 4.52 Å². The van der Waals surface area contributed by atoms with Gasteiger partial charge in [-0.25, -0.2) is 8.78 Å². The number of aryl methyl sites for hydroxylation is 1. The number of amides is 1. The molecule has 3 aromatic rings. The quantitative estimate of drug-likeness (QED) is 0.599. The summed E-state index contributed by atoms with van der Waals surface area (Å²) in [5.41, 5.74) is 2.21. The van der Waals surface area contributed by atoms with Crippen molar-refractivity contribution in [3.05, 3.63) is 65.6 Å². The number of nitrogens with one attached hydrogen (secondary N) is 1. The van der Waals surface area contributed by atoms with Crippen molar-refractivity contribution in [3.63, 3.8) is 0 Å². The van der Waals surface area contributed by atoms with Gasteiger partial charge in [0.05, 0.1) is 5.75 Å². The average molecular weight is 389 g/mol. The van der Waals surface area contributed by atoms with Gasteiger partial charge in [0.1, 0.15) is 0 Å². The lowest BCUT2D eigenvalue weighted by Crippen LogP contribution is -2.12. The molecule has 0 aliphatic rings. The van der Waals surface area contributed by atoms with Gasteiger partial charge in [-0.15, -0.1) is 0 Å². The molecule has 1 aromatic heterocycles. The zero-order valence-corrected chi connectivity index (χ0v) is 15.4. The number of nitrogens with zero attached hydrogens (tertiary/aromatic N) is 2. The lowest BCUT2D eigenvalue weighted by Gasteiger charge is -2.05. The predicted octanol–water partition coefficient (Wildman–Crippen LogP) is 4.59. The first kappa shape index (κ1) is 19.0. The summed E-state index contributed by atoms with van der Waals surface area (Å²) in [6, 6.07) is 11.0. The SMILES string of the molecule is Cc1ccccc1-c1noc(CSCCC(=O)Nc2ccc(F)c(F)c2)n1. The van der Waals surface area contributed by atoms with Crippen LogP contribution < -0.4 is 5.32 Å². The Morgan fingerprint density at radius 1 is 1.19 bits per heavy atom. The molecule has 0 unspecified atom stereocenters. The summed E-state index contributed by atoms with van der Waals surface area (Å²) < 4.78 is 31.2. The van der Waals surface area contributed by atoms with E-state index >= 15 is 0 Å². The van der Waals surface area contributed by atoms with Crippen LogP contribution in [0.25, 0.3) is 11.4 Å². The molecule has 0 aliphatic heterocycles. The van der Waals surface area contributed by atoms with Crippen molar-refractivity contribution >= 4 is 23.4 Å². The number of carbonyl (C=O) groups excluding carboxylic acids is 1. The molecule has 27 heavy (non-hydrogen) atoms. The minimum absolute atomic E-state index is 0.225. The normalized spacial score (nSPS) is 10.8. The summed E-state index contributed by atoms with van der Waals surface area (Å²) in [6.07, 6.45) is 0.225. The van der Waals surface area contributed by atoms with E-state index in [-0.39, 0.29) is 18.0 Å². The first-order valence-electron chi connectivity index (χ1n) is 8.24. The molecule has 1 amide bonds. The topological polar surface area (TPSA) is 68.0 Å². The summed E-state index contributed by atoms with van der Waals surface area (Å²) in [5, 5.41) is 6.52. The molecule has 0 atom stereocenters. The predicted molar refractivity (Wildman–Crippen MR) is 100 cm³/mol. The smallest absolute Gasteiger partial charge is 0.236 e. The van der Waals surface area contributed by atoms with Crippen molar-refractivity contribution in [2.75, 3.05) is 11.1 Å². The molecule has 1 N–H and O–H groups in total. The van der Waals surface area contributed by atoms with Crippen molar-refractivity contribution < 1.29 is 18.1 Å². The van der Waals surface area contributed by atoms with Crippen LogP contribution in [0.4, 0.5) is 14.5 Å². The van der Waals surface area contributed by atoms with E-state index in [1.165, 1.54) is 17.8 Å². The molecule has 1 heterocycles. The lowest BCUT2D eigenvalue weighted by molar-refractivity contribution is -0.115. The molecule has 0 saturated heterocycles. The van der Waals surface area contributed by atoms with Crippen LogP contribution in [0.2, 0.25) is 0 Å². The molecular weight excluding hydrogens is 372 g/mol. The largest absolute Gasteiger partial charge is 0.338 e. The minimum atomic E-state index is -0.997. The highest BCUT2D eigenvalue weighted by Gasteiger charge is 2.11. The molecule has 0 aliphatic carbocycles. The van der Waals surface area contributed by atoms with Crippen LogP contribution in [0, 0.1) is 18.6 Å². The van der Waals surface area contributed by atoms with Gasteiger partial charge < -0.3 is 9.84 Å². The molecule has 0 spiro atoms. The van der Waals surface area contributed by atoms with Gasteiger partial charge >= 0.3 is 0 Å². The highest BCUT2D eigenvalue weighted by molar-refractivity contribution is 7.98. The Morgan fingerprint density at radius 3 is 2.78 bits per heavy atom. The van der Waals surface area contributed by atoms with E-state index in [9.17, 15) is 13.6 Å². The summed E-state index contributed by atoms with van der Waals surface area (Å²) in [4.78, 5) is 16.2. The van der Waals surface area contributed by atoms with Crippen LogP contribution in [-0.2, 0) is 10.5 Å². The highest BCUT2D eigenvalue weighted by atomic mass is 32.2. The Kier molecular flexibility index (Phi) is 6.18. The Bertz CT molecular complexity index is 946. The fourth-order valence-electron chi connectivity index (χ4n) is 2.37. The number of hydrogen-bond donors (Lipinski definition) is 1. The van der Waals surface area contributed by atoms with E-state index in [2.05, 4.69) is 15.5 Å². The molecule has 0 saturated carbocycles. The number of carbonyl (C=O) groups is 1. The van der Waals surface area contributed by atoms with Crippen molar-refractivity contribution in [1.29, 1.82) is 0 Å². The Morgan fingerprint density at radius 2 is 2.00 bits per heavy atom. The molecule has 140 valence electrons. The standard InChI is InChI=1S/C19H17F2N3O2S/c1-12-4-2-3-5-14(12)19-23-18(26-24-19)11-27-9-8-17(25)22-13-6-7-15(20)16(21)10-13/h2-7,10H,8-9,11H2,1H3,(H,22,25). The number of benzene rings is 2. The van der Waals surface area contributed by atoms with Gasteiger partial charge in [0.15, 0.2) is 11.6 Å². The number of anilines is 1. The fraction of sp³-hybridized carbons (Fsp3) is 0.211. The summed E-state index contributed by atoms with van der Waals surface area (Å²) in [6.45, 7) is 1.98. The first-order valence-corrected chi connectivity index (χ1v) is 9.39. The second-order valence-electron chi connectivity index (χ2n) is 5.81.